The maximum absolute atomic E-state index is 13.3. The molecule has 0 aliphatic rings. The molecule has 3 aromatic rings. The molecule has 34 heavy (non-hydrogen) atoms. The number of hydrogen-bond acceptors (Lipinski definition) is 5. The molecular weight excluding hydrogens is 485 g/mol. The van der Waals surface area contributed by atoms with Crippen LogP contribution in [-0.2, 0) is 11.3 Å². The number of aliphatic carboxylic acids is 1. The molecule has 0 atom stereocenters. The Labute approximate surface area is 203 Å². The number of para-hydroxylation sites is 1. The van der Waals surface area contributed by atoms with Crippen molar-refractivity contribution < 1.29 is 19.8 Å². The van der Waals surface area contributed by atoms with Gasteiger partial charge in [0.15, 0.2) is 5.56 Å². The number of aromatic nitrogens is 2. The standard InChI is InChI=1S/C23H19Cl2N3O6/c1-12(2)14-8-6-13(7-9-14)11-27-21(32)18(20(31)26-10-17(29)30)22(33)28(23(27)34)19-15(24)4-3-5-16(19)25/h3-9,32H,1,10-11H2,2H3,(H,26,31)(H,29,30). The number of benzene rings is 2. The van der Waals surface area contributed by atoms with Gasteiger partial charge >= 0.3 is 11.7 Å². The van der Waals surface area contributed by atoms with Crippen molar-refractivity contribution in [3.63, 3.8) is 0 Å². The molecular formula is C23H19Cl2N3O6. The van der Waals surface area contributed by atoms with Crippen LogP contribution in [0.25, 0.3) is 11.3 Å². The summed E-state index contributed by atoms with van der Waals surface area (Å²) >= 11 is 12.4. The van der Waals surface area contributed by atoms with Gasteiger partial charge < -0.3 is 15.5 Å². The van der Waals surface area contributed by atoms with Crippen LogP contribution < -0.4 is 16.6 Å². The Morgan fingerprint density at radius 1 is 1.06 bits per heavy atom. The van der Waals surface area contributed by atoms with Crippen LogP contribution in [0.4, 0.5) is 0 Å². The number of aromatic hydroxyl groups is 1. The van der Waals surface area contributed by atoms with Crippen LogP contribution in [0.15, 0.2) is 58.6 Å². The molecule has 176 valence electrons. The Morgan fingerprint density at radius 3 is 2.18 bits per heavy atom. The second-order valence-corrected chi connectivity index (χ2v) is 8.15. The van der Waals surface area contributed by atoms with Crippen molar-refractivity contribution in [1.29, 1.82) is 0 Å². The van der Waals surface area contributed by atoms with E-state index >= 15 is 0 Å². The number of nitrogens with zero attached hydrogens (tertiary/aromatic N) is 2. The topological polar surface area (TPSA) is 131 Å². The van der Waals surface area contributed by atoms with E-state index in [0.717, 1.165) is 15.7 Å². The molecule has 0 aliphatic heterocycles. The van der Waals surface area contributed by atoms with Gasteiger partial charge in [-0.05, 0) is 30.2 Å². The molecule has 11 heteroatoms. The summed E-state index contributed by atoms with van der Waals surface area (Å²) in [6.07, 6.45) is 0. The molecule has 0 spiro atoms. The quantitative estimate of drug-likeness (QED) is 0.454. The summed E-state index contributed by atoms with van der Waals surface area (Å²) in [6, 6.07) is 11.2. The molecule has 0 bridgehead atoms. The molecule has 0 saturated carbocycles. The fourth-order valence-electron chi connectivity index (χ4n) is 3.20. The Hall–Kier alpha value is -3.82. The highest BCUT2D eigenvalue weighted by molar-refractivity contribution is 6.37. The van der Waals surface area contributed by atoms with E-state index in [-0.39, 0.29) is 22.3 Å². The van der Waals surface area contributed by atoms with Crippen molar-refractivity contribution in [3.05, 3.63) is 96.6 Å². The average Bonchev–Trinajstić information content (AvgIpc) is 2.77. The molecule has 0 radical (unpaired) electrons. The number of amides is 1. The van der Waals surface area contributed by atoms with Crippen LogP contribution in [-0.4, -0.2) is 37.8 Å². The number of carbonyl (C=O) groups is 2. The molecule has 1 aromatic heterocycles. The zero-order valence-corrected chi connectivity index (χ0v) is 19.4. The molecule has 0 saturated heterocycles. The Morgan fingerprint density at radius 2 is 1.65 bits per heavy atom. The number of carboxylic acid groups (broad SMARTS) is 1. The lowest BCUT2D eigenvalue weighted by molar-refractivity contribution is -0.135. The van der Waals surface area contributed by atoms with Crippen LogP contribution in [0.1, 0.15) is 28.4 Å². The third-order valence-electron chi connectivity index (χ3n) is 4.89. The van der Waals surface area contributed by atoms with Crippen molar-refractivity contribution in [3.8, 4) is 11.6 Å². The van der Waals surface area contributed by atoms with E-state index in [1.54, 1.807) is 24.3 Å². The fraction of sp³-hybridized carbons (Fsp3) is 0.130. The van der Waals surface area contributed by atoms with E-state index in [0.29, 0.717) is 10.1 Å². The van der Waals surface area contributed by atoms with Crippen LogP contribution >= 0.6 is 23.2 Å². The molecule has 3 rings (SSSR count). The average molecular weight is 504 g/mol. The van der Waals surface area contributed by atoms with E-state index < -0.39 is 41.1 Å². The minimum absolute atomic E-state index is 0.0494. The van der Waals surface area contributed by atoms with Gasteiger partial charge in [0.1, 0.15) is 6.54 Å². The first-order valence-electron chi connectivity index (χ1n) is 9.81. The van der Waals surface area contributed by atoms with Crippen molar-refractivity contribution in [2.45, 2.75) is 13.5 Å². The molecule has 3 N–H and O–H groups in total. The lowest BCUT2D eigenvalue weighted by Gasteiger charge is -2.17. The molecule has 2 aromatic carbocycles. The first-order chi connectivity index (χ1) is 16.0. The van der Waals surface area contributed by atoms with Gasteiger partial charge in [0.2, 0.25) is 5.88 Å². The van der Waals surface area contributed by atoms with E-state index in [4.69, 9.17) is 28.3 Å². The summed E-state index contributed by atoms with van der Waals surface area (Å²) in [4.78, 5) is 50.0. The van der Waals surface area contributed by atoms with Crippen molar-refractivity contribution >= 4 is 40.7 Å². The highest BCUT2D eigenvalue weighted by atomic mass is 35.5. The van der Waals surface area contributed by atoms with Crippen molar-refractivity contribution in [1.82, 2.24) is 14.5 Å². The van der Waals surface area contributed by atoms with E-state index in [2.05, 4.69) is 6.58 Å². The second kappa shape index (κ2) is 9.98. The first-order valence-corrected chi connectivity index (χ1v) is 10.6. The number of hydrogen-bond donors (Lipinski definition) is 3. The summed E-state index contributed by atoms with van der Waals surface area (Å²) in [5.41, 5.74) is -0.983. The first kappa shape index (κ1) is 24.8. The number of rotatable bonds is 7. The maximum Gasteiger partial charge on any atom is 0.338 e. The lowest BCUT2D eigenvalue weighted by Crippen LogP contribution is -2.44. The van der Waals surface area contributed by atoms with Crippen LogP contribution in [0.2, 0.25) is 10.0 Å². The summed E-state index contributed by atoms with van der Waals surface area (Å²) in [6.45, 7) is 4.65. The van der Waals surface area contributed by atoms with Crippen LogP contribution in [0, 0.1) is 0 Å². The van der Waals surface area contributed by atoms with E-state index in [1.807, 2.05) is 12.2 Å². The van der Waals surface area contributed by atoms with Gasteiger partial charge in [-0.1, -0.05) is 65.7 Å². The monoisotopic (exact) mass is 503 g/mol. The minimum atomic E-state index is -1.37. The van der Waals surface area contributed by atoms with E-state index in [9.17, 15) is 24.3 Å². The number of carbonyl (C=O) groups excluding carboxylic acids is 1. The second-order valence-electron chi connectivity index (χ2n) is 7.33. The van der Waals surface area contributed by atoms with Crippen molar-refractivity contribution in [2.75, 3.05) is 6.54 Å². The number of nitrogens with one attached hydrogen (secondary N) is 1. The summed E-state index contributed by atoms with van der Waals surface area (Å²) < 4.78 is 1.37. The smallest absolute Gasteiger partial charge is 0.338 e. The highest BCUT2D eigenvalue weighted by Crippen LogP contribution is 2.27. The summed E-state index contributed by atoms with van der Waals surface area (Å²) in [5, 5.41) is 21.5. The maximum atomic E-state index is 13.3. The molecule has 1 heterocycles. The molecule has 0 aliphatic carbocycles. The Bertz CT molecular complexity index is 1400. The van der Waals surface area contributed by atoms with Crippen LogP contribution in [0.5, 0.6) is 5.88 Å². The summed E-state index contributed by atoms with van der Waals surface area (Å²) in [5.74, 6) is -3.48. The molecule has 0 fully saturated rings. The molecule has 0 unspecified atom stereocenters. The largest absolute Gasteiger partial charge is 0.494 e. The van der Waals surface area contributed by atoms with Gasteiger partial charge in [-0.3, -0.25) is 19.0 Å². The minimum Gasteiger partial charge on any atom is -0.494 e. The zero-order valence-electron chi connectivity index (χ0n) is 17.8. The Kier molecular flexibility index (Phi) is 7.29. The lowest BCUT2D eigenvalue weighted by atomic mass is 10.1. The SMILES string of the molecule is C=C(C)c1ccc(Cn2c(O)c(C(=O)NCC(=O)O)c(=O)n(-c3c(Cl)cccc3Cl)c2=O)cc1. The number of carboxylic acids is 1. The Balaban J connectivity index is 2.28. The molecule has 9 nitrogen and oxygen atoms in total. The third-order valence-corrected chi connectivity index (χ3v) is 5.50. The van der Waals surface area contributed by atoms with Gasteiger partial charge in [0.25, 0.3) is 11.5 Å². The number of halogens is 2. The van der Waals surface area contributed by atoms with Crippen LogP contribution in [0.3, 0.4) is 0 Å². The highest BCUT2D eigenvalue weighted by Gasteiger charge is 2.27. The van der Waals surface area contributed by atoms with E-state index in [1.165, 1.54) is 18.2 Å². The zero-order chi connectivity index (χ0) is 25.2. The predicted octanol–water partition coefficient (Wildman–Crippen LogP) is 2.91. The fourth-order valence-corrected chi connectivity index (χ4v) is 3.77. The third kappa shape index (κ3) is 4.90. The van der Waals surface area contributed by atoms with Gasteiger partial charge in [-0.2, -0.15) is 0 Å². The number of allylic oxidation sites excluding steroid dienone is 1. The van der Waals surface area contributed by atoms with Gasteiger partial charge in [-0.25, -0.2) is 9.36 Å². The van der Waals surface area contributed by atoms with Gasteiger partial charge in [-0.15, -0.1) is 0 Å². The van der Waals surface area contributed by atoms with Crippen molar-refractivity contribution in [2.24, 2.45) is 0 Å². The van der Waals surface area contributed by atoms with Gasteiger partial charge in [0, 0.05) is 0 Å². The summed E-state index contributed by atoms with van der Waals surface area (Å²) in [7, 11) is 0. The van der Waals surface area contributed by atoms with Gasteiger partial charge in [0.05, 0.1) is 22.3 Å². The predicted molar refractivity (Wildman–Crippen MR) is 128 cm³/mol. The normalized spacial score (nSPS) is 10.7. The molecule has 1 amide bonds.